The molecule has 0 bridgehead atoms. The Morgan fingerprint density at radius 1 is 1.11 bits per heavy atom. The highest BCUT2D eigenvalue weighted by atomic mass is 79.9. The monoisotopic (exact) mass is 331 g/mol. The summed E-state index contributed by atoms with van der Waals surface area (Å²) in [6.07, 6.45) is 0. The molecule has 2 rings (SSSR count). The van der Waals surface area contributed by atoms with Crippen molar-refractivity contribution in [1.29, 1.82) is 0 Å². The second-order valence-electron chi connectivity index (χ2n) is 3.67. The van der Waals surface area contributed by atoms with E-state index in [-0.39, 0.29) is 10.8 Å². The molecule has 0 atom stereocenters. The molecule has 0 aliphatic rings. The Balaban J connectivity index is 2.17. The molecule has 0 heterocycles. The van der Waals surface area contributed by atoms with E-state index in [0.717, 1.165) is 0 Å². The van der Waals surface area contributed by atoms with Crippen LogP contribution in [0.4, 0.5) is 14.5 Å². The predicted molar refractivity (Wildman–Crippen MR) is 72.8 cm³/mol. The van der Waals surface area contributed by atoms with Gasteiger partial charge in [0.15, 0.2) is 5.82 Å². The van der Waals surface area contributed by atoms with Crippen LogP contribution in [0.3, 0.4) is 0 Å². The quantitative estimate of drug-likeness (QED) is 0.834. The molecule has 0 aliphatic heterocycles. The summed E-state index contributed by atoms with van der Waals surface area (Å²) in [5, 5.41) is 2.94. The Kier molecular flexibility index (Phi) is 4.19. The summed E-state index contributed by atoms with van der Waals surface area (Å²) in [7, 11) is 0. The van der Waals surface area contributed by atoms with Gasteiger partial charge < -0.3 is 5.32 Å². The summed E-state index contributed by atoms with van der Waals surface area (Å²) in [6, 6.07) is 9.41. The fraction of sp³-hybridized carbons (Fsp3) is 0.0769. The van der Waals surface area contributed by atoms with E-state index in [9.17, 15) is 8.78 Å². The van der Waals surface area contributed by atoms with E-state index in [2.05, 4.69) is 21.2 Å². The molecule has 0 unspecified atom stereocenters. The normalized spacial score (nSPS) is 10.4. The number of nitrogens with one attached hydrogen (secondary N) is 1. The maximum atomic E-state index is 13.6. The van der Waals surface area contributed by atoms with Gasteiger partial charge in [0.25, 0.3) is 0 Å². The fourth-order valence-corrected chi connectivity index (χ4v) is 2.09. The summed E-state index contributed by atoms with van der Waals surface area (Å²) >= 11 is 8.82. The third-order valence-corrected chi connectivity index (χ3v) is 3.63. The Labute approximate surface area is 117 Å². The van der Waals surface area contributed by atoms with E-state index >= 15 is 0 Å². The Morgan fingerprint density at radius 2 is 1.83 bits per heavy atom. The number of benzene rings is 2. The van der Waals surface area contributed by atoms with Crippen molar-refractivity contribution in [3.8, 4) is 0 Å². The van der Waals surface area contributed by atoms with Crippen molar-refractivity contribution in [1.82, 2.24) is 0 Å². The maximum absolute atomic E-state index is 13.6. The minimum atomic E-state index is -0.508. The summed E-state index contributed by atoms with van der Waals surface area (Å²) in [5.74, 6) is -0.854. The van der Waals surface area contributed by atoms with Crippen molar-refractivity contribution < 1.29 is 8.78 Å². The minimum Gasteiger partial charge on any atom is -0.379 e. The van der Waals surface area contributed by atoms with Crippen LogP contribution in [0.25, 0.3) is 0 Å². The van der Waals surface area contributed by atoms with Crippen molar-refractivity contribution in [2.75, 3.05) is 5.32 Å². The lowest BCUT2D eigenvalue weighted by atomic mass is 10.2. The van der Waals surface area contributed by atoms with E-state index in [1.54, 1.807) is 24.3 Å². The maximum Gasteiger partial charge on any atom is 0.164 e. The molecule has 0 aliphatic carbocycles. The van der Waals surface area contributed by atoms with Gasteiger partial charge in [-0.25, -0.2) is 8.78 Å². The number of hydrogen-bond donors (Lipinski definition) is 1. The van der Waals surface area contributed by atoms with Crippen molar-refractivity contribution >= 4 is 33.2 Å². The number of rotatable bonds is 3. The molecule has 1 nitrogen and oxygen atoms in total. The van der Waals surface area contributed by atoms with E-state index in [4.69, 9.17) is 11.6 Å². The van der Waals surface area contributed by atoms with E-state index < -0.39 is 5.82 Å². The van der Waals surface area contributed by atoms with E-state index in [1.807, 2.05) is 0 Å². The van der Waals surface area contributed by atoms with E-state index in [0.29, 0.717) is 22.3 Å². The highest BCUT2D eigenvalue weighted by Crippen LogP contribution is 2.25. The van der Waals surface area contributed by atoms with Crippen LogP contribution in [0.15, 0.2) is 40.9 Å². The molecule has 0 aromatic heterocycles. The zero-order valence-corrected chi connectivity index (χ0v) is 11.5. The van der Waals surface area contributed by atoms with Crippen molar-refractivity contribution in [3.63, 3.8) is 0 Å². The van der Waals surface area contributed by atoms with Gasteiger partial charge in [0.1, 0.15) is 5.82 Å². The van der Waals surface area contributed by atoms with Crippen LogP contribution in [-0.2, 0) is 6.54 Å². The van der Waals surface area contributed by atoms with E-state index in [1.165, 1.54) is 12.1 Å². The molecule has 0 radical (unpaired) electrons. The molecule has 0 amide bonds. The predicted octanol–water partition coefficient (Wildman–Crippen LogP) is 4.99. The third kappa shape index (κ3) is 2.82. The van der Waals surface area contributed by atoms with Crippen molar-refractivity contribution in [2.45, 2.75) is 6.54 Å². The van der Waals surface area contributed by atoms with Gasteiger partial charge >= 0.3 is 0 Å². The largest absolute Gasteiger partial charge is 0.379 e. The molecule has 0 fully saturated rings. The lowest BCUT2D eigenvalue weighted by molar-refractivity contribution is 0.618. The SMILES string of the molecule is Fc1cccc(CNc2cccc(Cl)c2F)c1Br. The number of halogens is 4. The summed E-state index contributed by atoms with van der Waals surface area (Å²) in [5.41, 5.74) is 0.994. The molecular formula is C13H9BrClF2N. The first kappa shape index (κ1) is 13.3. The van der Waals surface area contributed by atoms with Gasteiger partial charge in [-0.1, -0.05) is 29.8 Å². The molecule has 18 heavy (non-hydrogen) atoms. The average Bonchev–Trinajstić information content (AvgIpc) is 2.36. The number of hydrogen-bond acceptors (Lipinski definition) is 1. The van der Waals surface area contributed by atoms with Gasteiger partial charge in [0.05, 0.1) is 15.2 Å². The summed E-state index contributed by atoms with van der Waals surface area (Å²) < 4.78 is 27.3. The molecule has 1 N–H and O–H groups in total. The molecule has 0 spiro atoms. The second kappa shape index (κ2) is 5.67. The Bertz CT molecular complexity index is 523. The van der Waals surface area contributed by atoms with Gasteiger partial charge in [-0.05, 0) is 39.7 Å². The molecular weight excluding hydrogens is 324 g/mol. The van der Waals surface area contributed by atoms with Gasteiger partial charge in [-0.15, -0.1) is 0 Å². The third-order valence-electron chi connectivity index (χ3n) is 2.45. The Hall–Kier alpha value is -1.13. The van der Waals surface area contributed by atoms with Crippen LogP contribution in [0.2, 0.25) is 5.02 Å². The smallest absolute Gasteiger partial charge is 0.164 e. The van der Waals surface area contributed by atoms with Crippen LogP contribution >= 0.6 is 27.5 Å². The van der Waals surface area contributed by atoms with Crippen molar-refractivity contribution in [2.24, 2.45) is 0 Å². The van der Waals surface area contributed by atoms with Crippen LogP contribution < -0.4 is 5.32 Å². The molecule has 0 saturated carbocycles. The fourth-order valence-electron chi connectivity index (χ4n) is 1.52. The zero-order chi connectivity index (χ0) is 13.1. The first-order chi connectivity index (χ1) is 8.59. The molecule has 94 valence electrons. The van der Waals surface area contributed by atoms with Crippen LogP contribution in [0.1, 0.15) is 5.56 Å². The minimum absolute atomic E-state index is 0.0540. The molecule has 0 saturated heterocycles. The van der Waals surface area contributed by atoms with Gasteiger partial charge in [-0.3, -0.25) is 0 Å². The second-order valence-corrected chi connectivity index (χ2v) is 4.87. The lowest BCUT2D eigenvalue weighted by Crippen LogP contribution is -2.03. The van der Waals surface area contributed by atoms with Crippen molar-refractivity contribution in [3.05, 3.63) is 63.1 Å². The summed E-state index contributed by atoms with van der Waals surface area (Å²) in [4.78, 5) is 0. The van der Waals surface area contributed by atoms with Gasteiger partial charge in [-0.2, -0.15) is 0 Å². The molecule has 2 aromatic carbocycles. The molecule has 2 aromatic rings. The first-order valence-corrected chi connectivity index (χ1v) is 6.37. The van der Waals surface area contributed by atoms with Crippen LogP contribution in [-0.4, -0.2) is 0 Å². The van der Waals surface area contributed by atoms with Crippen LogP contribution in [0, 0.1) is 11.6 Å². The molecule has 5 heteroatoms. The first-order valence-electron chi connectivity index (χ1n) is 5.20. The highest BCUT2D eigenvalue weighted by molar-refractivity contribution is 9.10. The lowest BCUT2D eigenvalue weighted by Gasteiger charge is -2.10. The Morgan fingerprint density at radius 3 is 2.61 bits per heavy atom. The van der Waals surface area contributed by atoms with Gasteiger partial charge in [0, 0.05) is 6.54 Å². The summed E-state index contributed by atoms with van der Waals surface area (Å²) in [6.45, 7) is 0.301. The van der Waals surface area contributed by atoms with Gasteiger partial charge in [0.2, 0.25) is 0 Å². The highest BCUT2D eigenvalue weighted by Gasteiger charge is 2.08. The number of anilines is 1. The topological polar surface area (TPSA) is 12.0 Å². The average molecular weight is 333 g/mol. The standard InChI is InChI=1S/C13H9BrClF2N/c14-12-8(3-1-5-10(12)16)7-18-11-6-2-4-9(15)13(11)17/h1-6,18H,7H2. The van der Waals surface area contributed by atoms with Crippen LogP contribution in [0.5, 0.6) is 0 Å². The zero-order valence-electron chi connectivity index (χ0n) is 9.18.